The number of halogens is 1. The molecule has 2 aromatic carbocycles. The Kier molecular flexibility index (Phi) is 5.80. The lowest BCUT2D eigenvalue weighted by atomic mass is 10.1. The van der Waals surface area contributed by atoms with E-state index in [4.69, 9.17) is 4.42 Å². The number of benzene rings is 2. The Labute approximate surface area is 165 Å². The van der Waals surface area contributed by atoms with E-state index in [1.807, 2.05) is 0 Å². The fourth-order valence-corrected chi connectivity index (χ4v) is 3.68. The summed E-state index contributed by atoms with van der Waals surface area (Å²) in [6, 6.07) is 12.1. The van der Waals surface area contributed by atoms with Crippen LogP contribution in [0.2, 0.25) is 0 Å². The average molecular weight is 421 g/mol. The first-order valence-corrected chi connectivity index (χ1v) is 10.9. The van der Waals surface area contributed by atoms with Gasteiger partial charge in [0.25, 0.3) is 11.1 Å². The lowest BCUT2D eigenvalue weighted by molar-refractivity contribution is 0.0993. The second kappa shape index (κ2) is 8.11. The lowest BCUT2D eigenvalue weighted by Gasteiger charge is -2.09. The first-order valence-electron chi connectivity index (χ1n) is 8.10. The van der Waals surface area contributed by atoms with E-state index >= 15 is 0 Å². The summed E-state index contributed by atoms with van der Waals surface area (Å²) in [6.45, 7) is 1.68. The molecule has 1 N–H and O–H groups in total. The third-order valence-electron chi connectivity index (χ3n) is 3.63. The van der Waals surface area contributed by atoms with Gasteiger partial charge in [0.2, 0.25) is 10.0 Å². The highest BCUT2D eigenvalue weighted by atomic mass is 32.2. The number of ketones is 1. The molecule has 3 rings (SSSR count). The summed E-state index contributed by atoms with van der Waals surface area (Å²) in [4.78, 5) is 12.6. The van der Waals surface area contributed by atoms with E-state index in [0.29, 0.717) is 11.3 Å². The van der Waals surface area contributed by atoms with Crippen molar-refractivity contribution in [3.05, 3.63) is 59.9 Å². The molecule has 3 aromatic rings. The molecule has 0 saturated carbocycles. The van der Waals surface area contributed by atoms with Crippen LogP contribution in [0.4, 0.5) is 10.1 Å². The highest BCUT2D eigenvalue weighted by Gasteiger charge is 2.21. The maximum atomic E-state index is 13.8. The van der Waals surface area contributed by atoms with Crippen LogP contribution >= 0.6 is 11.8 Å². The van der Waals surface area contributed by atoms with Gasteiger partial charge in [0.05, 0.1) is 17.1 Å². The monoisotopic (exact) mass is 421 g/mol. The lowest BCUT2D eigenvalue weighted by Crippen LogP contribution is -2.14. The Bertz CT molecular complexity index is 1100. The Morgan fingerprint density at radius 3 is 2.46 bits per heavy atom. The molecule has 0 bridgehead atoms. The molecule has 0 spiro atoms. The number of aromatic nitrogens is 2. The Hall–Kier alpha value is -2.72. The van der Waals surface area contributed by atoms with Crippen molar-refractivity contribution in [2.75, 3.05) is 11.0 Å². The molecule has 7 nitrogen and oxygen atoms in total. The summed E-state index contributed by atoms with van der Waals surface area (Å²) >= 11 is 1.06. The van der Waals surface area contributed by atoms with E-state index in [2.05, 4.69) is 14.9 Å². The predicted molar refractivity (Wildman–Crippen MR) is 104 cm³/mol. The third-order valence-corrected chi connectivity index (χ3v) is 5.17. The van der Waals surface area contributed by atoms with Gasteiger partial charge in [-0.15, -0.1) is 10.2 Å². The molecule has 0 aliphatic rings. The average Bonchev–Trinajstić information content (AvgIpc) is 3.09. The van der Waals surface area contributed by atoms with Crippen molar-refractivity contribution in [3.63, 3.8) is 0 Å². The highest BCUT2D eigenvalue weighted by molar-refractivity contribution is 8.00. The second-order valence-corrected chi connectivity index (χ2v) is 8.97. The van der Waals surface area contributed by atoms with E-state index in [-0.39, 0.29) is 22.5 Å². The summed E-state index contributed by atoms with van der Waals surface area (Å²) in [5.74, 6) is -0.632. The zero-order valence-corrected chi connectivity index (χ0v) is 16.6. The maximum absolute atomic E-state index is 13.8. The van der Waals surface area contributed by atoms with Gasteiger partial charge in [-0.1, -0.05) is 23.9 Å². The molecular formula is C18H16FN3O4S2. The molecule has 28 heavy (non-hydrogen) atoms. The summed E-state index contributed by atoms with van der Waals surface area (Å²) in [6.07, 6.45) is 1.05. The van der Waals surface area contributed by atoms with Crippen molar-refractivity contribution in [2.45, 2.75) is 17.4 Å². The first kappa shape index (κ1) is 20.0. The summed E-state index contributed by atoms with van der Waals surface area (Å²) in [5.41, 5.74) is 0.966. The first-order chi connectivity index (χ1) is 13.2. The van der Waals surface area contributed by atoms with Crippen LogP contribution in [0.25, 0.3) is 11.5 Å². The largest absolute Gasteiger partial charge is 0.411 e. The van der Waals surface area contributed by atoms with Gasteiger partial charge < -0.3 is 4.42 Å². The van der Waals surface area contributed by atoms with E-state index in [1.165, 1.54) is 36.4 Å². The van der Waals surface area contributed by atoms with Gasteiger partial charge in [-0.05, 0) is 43.3 Å². The molecule has 146 valence electrons. The van der Waals surface area contributed by atoms with Crippen molar-refractivity contribution in [2.24, 2.45) is 0 Å². The van der Waals surface area contributed by atoms with Gasteiger partial charge in [0, 0.05) is 11.3 Å². The number of hydrogen-bond acceptors (Lipinski definition) is 7. The van der Waals surface area contributed by atoms with Crippen molar-refractivity contribution in [1.82, 2.24) is 10.2 Å². The van der Waals surface area contributed by atoms with Gasteiger partial charge in [-0.2, -0.15) is 0 Å². The van der Waals surface area contributed by atoms with E-state index < -0.39 is 21.1 Å². The minimum atomic E-state index is -3.38. The maximum Gasteiger partial charge on any atom is 0.277 e. The Morgan fingerprint density at radius 1 is 1.14 bits per heavy atom. The van der Waals surface area contributed by atoms with Crippen LogP contribution in [0.3, 0.4) is 0 Å². The molecule has 10 heteroatoms. The molecule has 0 unspecified atom stereocenters. The third kappa shape index (κ3) is 4.96. The molecule has 0 aliphatic heterocycles. The smallest absolute Gasteiger partial charge is 0.277 e. The summed E-state index contributed by atoms with van der Waals surface area (Å²) in [7, 11) is -3.38. The van der Waals surface area contributed by atoms with Crippen molar-refractivity contribution < 1.29 is 22.0 Å². The van der Waals surface area contributed by atoms with E-state index in [9.17, 15) is 17.6 Å². The standard InChI is InChI=1S/C18H16FN3O4S2/c1-11(16(23)12-7-9-13(10-8-12)22-28(2,24)25)27-18-21-20-17(26-18)14-5-3-4-6-15(14)19/h3-11,22H,1-2H3/t11-/m1/s1. The number of nitrogens with zero attached hydrogens (tertiary/aromatic N) is 2. The molecule has 0 amide bonds. The van der Waals surface area contributed by atoms with Crippen LogP contribution < -0.4 is 4.72 Å². The van der Waals surface area contributed by atoms with Crippen LogP contribution in [0.5, 0.6) is 0 Å². The number of sulfonamides is 1. The molecule has 1 aromatic heterocycles. The van der Waals surface area contributed by atoms with Gasteiger partial charge in [-0.25, -0.2) is 12.8 Å². The minimum Gasteiger partial charge on any atom is -0.411 e. The van der Waals surface area contributed by atoms with Gasteiger partial charge in [0.1, 0.15) is 5.82 Å². The number of rotatable bonds is 7. The fourth-order valence-electron chi connectivity index (χ4n) is 2.36. The van der Waals surface area contributed by atoms with Crippen LogP contribution in [0, 0.1) is 5.82 Å². The van der Waals surface area contributed by atoms with Gasteiger partial charge >= 0.3 is 0 Å². The number of carbonyl (C=O) groups excluding carboxylic acids is 1. The predicted octanol–water partition coefficient (Wildman–Crippen LogP) is 3.61. The zero-order valence-electron chi connectivity index (χ0n) is 14.9. The molecule has 0 fully saturated rings. The van der Waals surface area contributed by atoms with Gasteiger partial charge in [0.15, 0.2) is 5.78 Å². The minimum absolute atomic E-state index is 0.0384. The topological polar surface area (TPSA) is 102 Å². The molecule has 0 radical (unpaired) electrons. The van der Waals surface area contributed by atoms with E-state index in [0.717, 1.165) is 18.0 Å². The van der Waals surface area contributed by atoms with Crippen LogP contribution in [0.15, 0.2) is 58.2 Å². The number of anilines is 1. The molecule has 0 aliphatic carbocycles. The van der Waals surface area contributed by atoms with Crippen molar-refractivity contribution in [3.8, 4) is 11.5 Å². The Balaban J connectivity index is 1.69. The van der Waals surface area contributed by atoms with Crippen molar-refractivity contribution in [1.29, 1.82) is 0 Å². The molecular weight excluding hydrogens is 405 g/mol. The number of Topliss-reactive ketones (excluding diaryl/α,β-unsaturated/α-hetero) is 1. The van der Waals surface area contributed by atoms with E-state index in [1.54, 1.807) is 19.1 Å². The zero-order chi connectivity index (χ0) is 20.3. The van der Waals surface area contributed by atoms with Crippen LogP contribution in [-0.4, -0.2) is 35.9 Å². The normalized spacial score (nSPS) is 12.5. The summed E-state index contributed by atoms with van der Waals surface area (Å²) < 4.78 is 44.0. The molecule has 1 heterocycles. The fraction of sp³-hybridized carbons (Fsp3) is 0.167. The number of thioether (sulfide) groups is 1. The number of carbonyl (C=O) groups is 1. The summed E-state index contributed by atoms with van der Waals surface area (Å²) in [5, 5.41) is 7.29. The number of nitrogens with one attached hydrogen (secondary N) is 1. The second-order valence-electron chi connectivity index (χ2n) is 5.93. The van der Waals surface area contributed by atoms with Crippen molar-refractivity contribution >= 4 is 33.3 Å². The van der Waals surface area contributed by atoms with Gasteiger partial charge in [-0.3, -0.25) is 9.52 Å². The quantitative estimate of drug-likeness (QED) is 0.459. The number of hydrogen-bond donors (Lipinski definition) is 1. The molecule has 0 saturated heterocycles. The highest BCUT2D eigenvalue weighted by Crippen LogP contribution is 2.29. The van der Waals surface area contributed by atoms with Crippen LogP contribution in [-0.2, 0) is 10.0 Å². The van der Waals surface area contributed by atoms with Crippen LogP contribution in [0.1, 0.15) is 17.3 Å². The molecule has 1 atom stereocenters. The Morgan fingerprint density at radius 2 is 1.82 bits per heavy atom. The SMILES string of the molecule is C[C@@H](Sc1nnc(-c2ccccc2F)o1)C(=O)c1ccc(NS(C)(=O)=O)cc1.